The molecule has 76 valence electrons. The molecule has 5 heteroatoms. The van der Waals surface area contributed by atoms with Crippen molar-refractivity contribution in [2.24, 2.45) is 5.73 Å². The van der Waals surface area contributed by atoms with E-state index in [0.717, 1.165) is 0 Å². The fraction of sp³-hybridized carbons (Fsp3) is 0.222. The molecule has 0 aliphatic rings. The number of benzene rings is 1. The molecule has 1 unspecified atom stereocenters. The monoisotopic (exact) mass is 198 g/mol. The highest BCUT2D eigenvalue weighted by atomic mass is 19.1. The quantitative estimate of drug-likeness (QED) is 0.644. The van der Waals surface area contributed by atoms with Crippen molar-refractivity contribution in [2.75, 3.05) is 11.9 Å². The van der Waals surface area contributed by atoms with Crippen molar-refractivity contribution in [2.45, 2.75) is 6.10 Å². The molecule has 0 saturated carbocycles. The van der Waals surface area contributed by atoms with Gasteiger partial charge in [-0.25, -0.2) is 4.39 Å². The maximum atomic E-state index is 13.0. The Kier molecular flexibility index (Phi) is 3.55. The van der Waals surface area contributed by atoms with Gasteiger partial charge in [-0.2, -0.15) is 0 Å². The van der Waals surface area contributed by atoms with Gasteiger partial charge in [0.2, 0.25) is 0 Å². The van der Waals surface area contributed by atoms with Gasteiger partial charge in [-0.1, -0.05) is 12.1 Å². The van der Waals surface area contributed by atoms with E-state index in [0.29, 0.717) is 0 Å². The van der Waals surface area contributed by atoms with Gasteiger partial charge < -0.3 is 16.2 Å². The van der Waals surface area contributed by atoms with Crippen molar-refractivity contribution >= 4 is 11.6 Å². The van der Waals surface area contributed by atoms with E-state index in [4.69, 9.17) is 10.8 Å². The van der Waals surface area contributed by atoms with Crippen LogP contribution in [0.2, 0.25) is 0 Å². The highest BCUT2D eigenvalue weighted by molar-refractivity contribution is 5.94. The third-order valence-corrected chi connectivity index (χ3v) is 1.66. The average Bonchev–Trinajstić information content (AvgIpc) is 2.20. The Morgan fingerprint density at radius 2 is 2.21 bits per heavy atom. The molecule has 0 spiro atoms. The first-order valence-electron chi connectivity index (χ1n) is 4.08. The molecule has 4 nitrogen and oxygen atoms in total. The number of aliphatic hydroxyl groups excluding tert-OH is 1. The summed E-state index contributed by atoms with van der Waals surface area (Å²) >= 11 is 0. The van der Waals surface area contributed by atoms with E-state index < -0.39 is 17.8 Å². The summed E-state index contributed by atoms with van der Waals surface area (Å²) in [4.78, 5) is 11.1. The van der Waals surface area contributed by atoms with Gasteiger partial charge in [0, 0.05) is 6.54 Å². The Labute approximate surface area is 80.5 Å². The molecule has 4 N–H and O–H groups in total. The molecule has 0 fully saturated rings. The lowest BCUT2D eigenvalue weighted by molar-refractivity contribution is -0.123. The van der Waals surface area contributed by atoms with Gasteiger partial charge in [0.1, 0.15) is 11.9 Å². The minimum atomic E-state index is -1.31. The second kappa shape index (κ2) is 4.69. The molecule has 0 heterocycles. The summed E-state index contributed by atoms with van der Waals surface area (Å²) in [6, 6.07) is 5.69. The maximum absolute atomic E-state index is 13.0. The summed E-state index contributed by atoms with van der Waals surface area (Å²) in [5, 5.41) is 11.2. The standard InChI is InChI=1S/C9H11FN2O2/c10-6-3-1-2-4-7(6)12-9(14)8(13)5-11/h1-4,8,13H,5,11H2,(H,12,14). The fourth-order valence-corrected chi connectivity index (χ4v) is 0.886. The molecule has 1 amide bonds. The summed E-state index contributed by atoms with van der Waals surface area (Å²) in [7, 11) is 0. The van der Waals surface area contributed by atoms with Gasteiger partial charge in [-0.3, -0.25) is 4.79 Å². The molecule has 1 aromatic carbocycles. The first-order chi connectivity index (χ1) is 6.65. The second-order valence-electron chi connectivity index (χ2n) is 2.72. The third-order valence-electron chi connectivity index (χ3n) is 1.66. The van der Waals surface area contributed by atoms with E-state index in [1.165, 1.54) is 18.2 Å². The van der Waals surface area contributed by atoms with Crippen molar-refractivity contribution < 1.29 is 14.3 Å². The minimum absolute atomic E-state index is 0.0324. The average molecular weight is 198 g/mol. The topological polar surface area (TPSA) is 75.3 Å². The van der Waals surface area contributed by atoms with Crippen molar-refractivity contribution in [1.29, 1.82) is 0 Å². The predicted octanol–water partition coefficient (Wildman–Crippen LogP) is 0.0838. The Morgan fingerprint density at radius 1 is 1.57 bits per heavy atom. The zero-order valence-corrected chi connectivity index (χ0v) is 7.40. The number of rotatable bonds is 3. The second-order valence-corrected chi connectivity index (χ2v) is 2.72. The van der Waals surface area contributed by atoms with Crippen LogP contribution in [0.25, 0.3) is 0 Å². The van der Waals surface area contributed by atoms with Crippen molar-refractivity contribution in [3.8, 4) is 0 Å². The molecule has 0 aliphatic carbocycles. The smallest absolute Gasteiger partial charge is 0.254 e. The molecule has 1 atom stereocenters. The van der Waals surface area contributed by atoms with Crippen LogP contribution in [0.15, 0.2) is 24.3 Å². The van der Waals surface area contributed by atoms with E-state index in [1.54, 1.807) is 6.07 Å². The van der Waals surface area contributed by atoms with E-state index >= 15 is 0 Å². The number of aliphatic hydroxyl groups is 1. The summed E-state index contributed by atoms with van der Waals surface area (Å²) in [6.45, 7) is -0.194. The van der Waals surface area contributed by atoms with Crippen molar-refractivity contribution in [1.82, 2.24) is 0 Å². The first kappa shape index (κ1) is 10.6. The van der Waals surface area contributed by atoms with Crippen LogP contribution in [0.5, 0.6) is 0 Å². The number of carbonyl (C=O) groups is 1. The molecule has 1 aromatic rings. The normalized spacial score (nSPS) is 12.2. The van der Waals surface area contributed by atoms with Gasteiger partial charge in [-0.05, 0) is 12.1 Å². The number of para-hydroxylation sites is 1. The van der Waals surface area contributed by atoms with Crippen LogP contribution < -0.4 is 11.1 Å². The van der Waals surface area contributed by atoms with Crippen molar-refractivity contribution in [3.05, 3.63) is 30.1 Å². The lowest BCUT2D eigenvalue weighted by Crippen LogP contribution is -2.34. The van der Waals surface area contributed by atoms with E-state index in [9.17, 15) is 9.18 Å². The number of amides is 1. The third kappa shape index (κ3) is 2.51. The molecule has 14 heavy (non-hydrogen) atoms. The molecule has 1 rings (SSSR count). The zero-order valence-electron chi connectivity index (χ0n) is 7.40. The molecule has 0 saturated heterocycles. The van der Waals surface area contributed by atoms with Crippen LogP contribution in [-0.4, -0.2) is 23.7 Å². The number of halogens is 1. The van der Waals surface area contributed by atoms with Gasteiger partial charge in [0.25, 0.3) is 5.91 Å². The Balaban J connectivity index is 2.70. The van der Waals surface area contributed by atoms with Crippen LogP contribution in [0, 0.1) is 5.82 Å². The summed E-state index contributed by atoms with van der Waals surface area (Å²) in [5.41, 5.74) is 5.09. The number of nitrogens with two attached hydrogens (primary N) is 1. The largest absolute Gasteiger partial charge is 0.382 e. The summed E-state index contributed by atoms with van der Waals surface area (Å²) in [5.74, 6) is -1.26. The van der Waals surface area contributed by atoms with Crippen LogP contribution >= 0.6 is 0 Å². The number of nitrogens with one attached hydrogen (secondary N) is 1. The number of hydrogen-bond donors (Lipinski definition) is 3. The number of hydrogen-bond acceptors (Lipinski definition) is 3. The van der Waals surface area contributed by atoms with Crippen LogP contribution in [0.1, 0.15) is 0 Å². The summed E-state index contributed by atoms with van der Waals surface area (Å²) < 4.78 is 13.0. The maximum Gasteiger partial charge on any atom is 0.254 e. The molecular formula is C9H11FN2O2. The van der Waals surface area contributed by atoms with Gasteiger partial charge in [-0.15, -0.1) is 0 Å². The Morgan fingerprint density at radius 3 is 2.79 bits per heavy atom. The molecule has 0 radical (unpaired) electrons. The van der Waals surface area contributed by atoms with E-state index in [1.807, 2.05) is 0 Å². The lowest BCUT2D eigenvalue weighted by atomic mass is 10.2. The zero-order chi connectivity index (χ0) is 10.6. The number of anilines is 1. The molecule has 0 aromatic heterocycles. The molecular weight excluding hydrogens is 187 g/mol. The van der Waals surface area contributed by atoms with Crippen molar-refractivity contribution in [3.63, 3.8) is 0 Å². The molecule has 0 aliphatic heterocycles. The van der Waals surface area contributed by atoms with Crippen LogP contribution in [0.4, 0.5) is 10.1 Å². The van der Waals surface area contributed by atoms with E-state index in [-0.39, 0.29) is 12.2 Å². The van der Waals surface area contributed by atoms with E-state index in [2.05, 4.69) is 5.32 Å². The first-order valence-corrected chi connectivity index (χ1v) is 4.08. The molecule has 0 bridgehead atoms. The van der Waals surface area contributed by atoms with Crippen LogP contribution in [0.3, 0.4) is 0 Å². The Bertz CT molecular complexity index is 330. The summed E-state index contributed by atoms with van der Waals surface area (Å²) in [6.07, 6.45) is -1.31. The van der Waals surface area contributed by atoms with Gasteiger partial charge in [0.15, 0.2) is 0 Å². The van der Waals surface area contributed by atoms with Crippen LogP contribution in [-0.2, 0) is 4.79 Å². The highest BCUT2D eigenvalue weighted by Crippen LogP contribution is 2.12. The van der Waals surface area contributed by atoms with Gasteiger partial charge in [0.05, 0.1) is 5.69 Å². The Hall–Kier alpha value is -1.46. The number of carbonyl (C=O) groups excluding carboxylic acids is 1. The SMILES string of the molecule is NCC(O)C(=O)Nc1ccccc1F. The lowest BCUT2D eigenvalue weighted by Gasteiger charge is -2.09. The predicted molar refractivity (Wildman–Crippen MR) is 50.1 cm³/mol. The van der Waals surface area contributed by atoms with Gasteiger partial charge >= 0.3 is 0 Å². The highest BCUT2D eigenvalue weighted by Gasteiger charge is 2.13. The minimum Gasteiger partial charge on any atom is -0.382 e. The fourth-order valence-electron chi connectivity index (χ4n) is 0.886.